The van der Waals surface area contributed by atoms with Crippen LogP contribution < -0.4 is 10.5 Å². The van der Waals surface area contributed by atoms with Crippen molar-refractivity contribution in [1.29, 1.82) is 0 Å². The van der Waals surface area contributed by atoms with Crippen LogP contribution in [0.2, 0.25) is 0 Å². The molecule has 3 heteroatoms. The van der Waals surface area contributed by atoms with Gasteiger partial charge in [0.15, 0.2) is 0 Å². The van der Waals surface area contributed by atoms with E-state index in [-0.39, 0.29) is 18.0 Å². The van der Waals surface area contributed by atoms with E-state index >= 15 is 0 Å². The Hall–Kier alpha value is -1.87. The Morgan fingerprint density at radius 1 is 1.11 bits per heavy atom. The number of hydrogen-bond donors (Lipinski definition) is 1. The quantitative estimate of drug-likeness (QED) is 0.833. The molecule has 2 aromatic carbocycles. The van der Waals surface area contributed by atoms with Crippen LogP contribution in [-0.2, 0) is 0 Å². The van der Waals surface area contributed by atoms with Crippen molar-refractivity contribution in [3.8, 4) is 5.75 Å². The molecule has 1 aliphatic rings. The van der Waals surface area contributed by atoms with Crippen molar-refractivity contribution in [3.63, 3.8) is 0 Å². The van der Waals surface area contributed by atoms with Crippen molar-refractivity contribution >= 4 is 0 Å². The first-order chi connectivity index (χ1) is 8.74. The molecule has 0 radical (unpaired) electrons. The van der Waals surface area contributed by atoms with Crippen molar-refractivity contribution in [2.45, 2.75) is 18.6 Å². The number of hydrogen-bond acceptors (Lipinski definition) is 2. The third-order valence-electron chi connectivity index (χ3n) is 3.28. The molecule has 0 amide bonds. The highest BCUT2D eigenvalue weighted by Gasteiger charge is 2.27. The topological polar surface area (TPSA) is 35.2 Å². The molecule has 0 aliphatic carbocycles. The largest absolute Gasteiger partial charge is 0.485 e. The molecule has 0 aromatic heterocycles. The molecule has 1 aliphatic heterocycles. The highest BCUT2D eigenvalue weighted by molar-refractivity contribution is 5.39. The van der Waals surface area contributed by atoms with E-state index in [9.17, 15) is 4.39 Å². The summed E-state index contributed by atoms with van der Waals surface area (Å²) >= 11 is 0. The second kappa shape index (κ2) is 4.42. The molecule has 3 rings (SSSR count). The van der Waals surface area contributed by atoms with E-state index in [0.29, 0.717) is 12.2 Å². The smallest absolute Gasteiger partial charge is 0.126 e. The van der Waals surface area contributed by atoms with Crippen LogP contribution in [0, 0.1) is 5.82 Å². The molecular formula is C15H14FNO. The van der Waals surface area contributed by atoms with E-state index in [1.807, 2.05) is 30.3 Å². The zero-order chi connectivity index (χ0) is 12.5. The van der Waals surface area contributed by atoms with Crippen LogP contribution in [0.15, 0.2) is 48.5 Å². The van der Waals surface area contributed by atoms with Crippen molar-refractivity contribution in [1.82, 2.24) is 0 Å². The van der Waals surface area contributed by atoms with E-state index in [1.54, 1.807) is 6.07 Å². The SMILES string of the molecule is N[C@@H]1CC(c2ccccc2)Oc2ccc(F)cc21. The monoisotopic (exact) mass is 243 g/mol. The molecular weight excluding hydrogens is 229 g/mol. The zero-order valence-corrected chi connectivity index (χ0v) is 9.84. The summed E-state index contributed by atoms with van der Waals surface area (Å²) in [7, 11) is 0. The number of rotatable bonds is 1. The summed E-state index contributed by atoms with van der Waals surface area (Å²) in [5.74, 6) is 0.412. The van der Waals surface area contributed by atoms with E-state index in [4.69, 9.17) is 10.5 Å². The fourth-order valence-electron chi connectivity index (χ4n) is 2.35. The maximum Gasteiger partial charge on any atom is 0.126 e. The summed E-state index contributed by atoms with van der Waals surface area (Å²) in [6, 6.07) is 14.3. The van der Waals surface area contributed by atoms with Crippen LogP contribution in [0.3, 0.4) is 0 Å². The minimum Gasteiger partial charge on any atom is -0.485 e. The van der Waals surface area contributed by atoms with Crippen LogP contribution in [-0.4, -0.2) is 0 Å². The molecule has 0 bridgehead atoms. The Labute approximate surface area is 105 Å². The van der Waals surface area contributed by atoms with Crippen molar-refractivity contribution in [2.75, 3.05) is 0 Å². The third kappa shape index (κ3) is 1.97. The van der Waals surface area contributed by atoms with Gasteiger partial charge >= 0.3 is 0 Å². The van der Waals surface area contributed by atoms with Gasteiger partial charge in [0.2, 0.25) is 0 Å². The van der Waals surface area contributed by atoms with E-state index < -0.39 is 0 Å². The van der Waals surface area contributed by atoms with Crippen molar-refractivity contribution in [2.24, 2.45) is 5.73 Å². The Balaban J connectivity index is 1.95. The standard InChI is InChI=1S/C15H14FNO/c16-11-6-7-14-12(8-11)13(17)9-15(18-14)10-4-2-1-3-5-10/h1-8,13,15H,9,17H2/t13-,15?/m1/s1. The van der Waals surface area contributed by atoms with Crippen LogP contribution in [0.25, 0.3) is 0 Å². The van der Waals surface area contributed by atoms with Gasteiger partial charge < -0.3 is 10.5 Å². The Morgan fingerprint density at radius 3 is 2.67 bits per heavy atom. The molecule has 0 saturated carbocycles. The zero-order valence-electron chi connectivity index (χ0n) is 9.84. The fourth-order valence-corrected chi connectivity index (χ4v) is 2.35. The van der Waals surface area contributed by atoms with Crippen LogP contribution >= 0.6 is 0 Å². The lowest BCUT2D eigenvalue weighted by Crippen LogP contribution is -2.24. The van der Waals surface area contributed by atoms with Gasteiger partial charge in [-0.05, 0) is 23.8 Å². The minimum absolute atomic E-state index is 0.0563. The second-order valence-corrected chi connectivity index (χ2v) is 4.54. The maximum absolute atomic E-state index is 13.2. The molecule has 1 heterocycles. The molecule has 0 saturated heterocycles. The lowest BCUT2D eigenvalue weighted by Gasteiger charge is -2.30. The van der Waals surface area contributed by atoms with Gasteiger partial charge in [0.05, 0.1) is 0 Å². The minimum atomic E-state index is -0.272. The second-order valence-electron chi connectivity index (χ2n) is 4.54. The van der Waals surface area contributed by atoms with Gasteiger partial charge in [0, 0.05) is 18.0 Å². The molecule has 2 aromatic rings. The highest BCUT2D eigenvalue weighted by atomic mass is 19.1. The number of benzene rings is 2. The number of ether oxygens (including phenoxy) is 1. The Bertz CT molecular complexity index is 556. The number of nitrogens with two attached hydrogens (primary N) is 1. The average Bonchev–Trinajstić information content (AvgIpc) is 2.40. The summed E-state index contributed by atoms with van der Waals surface area (Å²) in [6.07, 6.45) is 0.611. The summed E-state index contributed by atoms with van der Waals surface area (Å²) in [6.45, 7) is 0. The third-order valence-corrected chi connectivity index (χ3v) is 3.28. The molecule has 0 spiro atoms. The van der Waals surface area contributed by atoms with Crippen molar-refractivity contribution < 1.29 is 9.13 Å². The normalized spacial score (nSPS) is 22.1. The predicted molar refractivity (Wildman–Crippen MR) is 67.8 cm³/mol. The maximum atomic E-state index is 13.2. The first-order valence-electron chi connectivity index (χ1n) is 6.00. The van der Waals surface area contributed by atoms with E-state index in [1.165, 1.54) is 12.1 Å². The predicted octanol–water partition coefficient (Wildman–Crippen LogP) is 3.35. The van der Waals surface area contributed by atoms with E-state index in [0.717, 1.165) is 11.1 Å². The van der Waals surface area contributed by atoms with Crippen molar-refractivity contribution in [3.05, 3.63) is 65.5 Å². The Morgan fingerprint density at radius 2 is 1.89 bits per heavy atom. The molecule has 2 nitrogen and oxygen atoms in total. The van der Waals surface area contributed by atoms with Crippen LogP contribution in [0.5, 0.6) is 5.75 Å². The first-order valence-corrected chi connectivity index (χ1v) is 6.00. The first kappa shape index (κ1) is 11.2. The number of fused-ring (bicyclic) bond motifs is 1. The van der Waals surface area contributed by atoms with Crippen LogP contribution in [0.1, 0.15) is 29.7 Å². The Kier molecular flexibility index (Phi) is 2.76. The number of halogens is 1. The summed E-state index contributed by atoms with van der Waals surface area (Å²) in [4.78, 5) is 0. The summed E-state index contributed by atoms with van der Waals surface area (Å²) in [5, 5.41) is 0. The average molecular weight is 243 g/mol. The van der Waals surface area contributed by atoms with Gasteiger partial charge in [-0.25, -0.2) is 4.39 Å². The van der Waals surface area contributed by atoms with Gasteiger partial charge in [0.25, 0.3) is 0 Å². The van der Waals surface area contributed by atoms with Crippen LogP contribution in [0.4, 0.5) is 4.39 Å². The van der Waals surface area contributed by atoms with Gasteiger partial charge in [-0.2, -0.15) is 0 Å². The summed E-state index contributed by atoms with van der Waals surface area (Å²) < 4.78 is 19.1. The molecule has 0 fully saturated rings. The molecule has 18 heavy (non-hydrogen) atoms. The molecule has 2 atom stereocenters. The molecule has 92 valence electrons. The van der Waals surface area contributed by atoms with Gasteiger partial charge in [0.1, 0.15) is 17.7 Å². The lowest BCUT2D eigenvalue weighted by atomic mass is 9.93. The molecule has 1 unspecified atom stereocenters. The van der Waals surface area contributed by atoms with Gasteiger partial charge in [-0.1, -0.05) is 30.3 Å². The highest BCUT2D eigenvalue weighted by Crippen LogP contribution is 2.39. The van der Waals surface area contributed by atoms with Gasteiger partial charge in [-0.3, -0.25) is 0 Å². The fraction of sp³-hybridized carbons (Fsp3) is 0.200. The summed E-state index contributed by atoms with van der Waals surface area (Å²) in [5.41, 5.74) is 7.95. The molecule has 2 N–H and O–H groups in total. The lowest BCUT2D eigenvalue weighted by molar-refractivity contribution is 0.161. The van der Waals surface area contributed by atoms with Gasteiger partial charge in [-0.15, -0.1) is 0 Å². The van der Waals surface area contributed by atoms with E-state index in [2.05, 4.69) is 0 Å².